The van der Waals surface area contributed by atoms with Gasteiger partial charge in [0.2, 0.25) is 0 Å². The van der Waals surface area contributed by atoms with Gasteiger partial charge >= 0.3 is 5.97 Å². The second-order valence-electron chi connectivity index (χ2n) is 11.5. The van der Waals surface area contributed by atoms with Crippen LogP contribution in [0.2, 0.25) is 5.02 Å². The minimum Gasteiger partial charge on any atom is -0.478 e. The Balaban J connectivity index is 1.64. The summed E-state index contributed by atoms with van der Waals surface area (Å²) in [6.45, 7) is 11.3. The van der Waals surface area contributed by atoms with Crippen molar-refractivity contribution in [2.75, 3.05) is 50.8 Å². The molecule has 1 fully saturated rings. The van der Waals surface area contributed by atoms with E-state index >= 15 is 0 Å². The van der Waals surface area contributed by atoms with E-state index in [0.717, 1.165) is 37.4 Å². The van der Waals surface area contributed by atoms with Gasteiger partial charge in [0.1, 0.15) is 5.82 Å². The van der Waals surface area contributed by atoms with Crippen LogP contribution in [0.25, 0.3) is 10.9 Å². The fourth-order valence-electron chi connectivity index (χ4n) is 5.25. The highest BCUT2D eigenvalue weighted by molar-refractivity contribution is 6.32. The molecular weight excluding hydrogens is 542 g/mol. The third kappa shape index (κ3) is 6.91. The molecule has 3 aromatic rings. The van der Waals surface area contributed by atoms with Crippen LogP contribution in [-0.4, -0.2) is 81.4 Å². The maximum atomic E-state index is 13.5. The number of aliphatic hydroxyl groups excluding tert-OH is 1. The van der Waals surface area contributed by atoms with Crippen molar-refractivity contribution in [1.82, 2.24) is 19.4 Å². The number of carboxylic acids is 1. The SMILES string of the molecule is C#CCN(Cc1cc2c(=O)n(C)c(CN3CCN(CCO)CC3)nc2cc1Cl)c1ccc(C(=O)O)c(C(C)(C)C)c1. The number of aromatic nitrogens is 2. The molecule has 9 nitrogen and oxygen atoms in total. The predicted molar refractivity (Wildman–Crippen MR) is 163 cm³/mol. The predicted octanol–water partition coefficient (Wildman–Crippen LogP) is 3.33. The molecule has 1 aromatic heterocycles. The molecule has 2 heterocycles. The smallest absolute Gasteiger partial charge is 0.335 e. The van der Waals surface area contributed by atoms with E-state index in [9.17, 15) is 19.8 Å². The van der Waals surface area contributed by atoms with Crippen molar-refractivity contribution >= 4 is 34.2 Å². The van der Waals surface area contributed by atoms with Gasteiger partial charge in [0.15, 0.2) is 0 Å². The van der Waals surface area contributed by atoms with Gasteiger partial charge in [-0.3, -0.25) is 19.2 Å². The van der Waals surface area contributed by atoms with E-state index in [2.05, 4.69) is 15.7 Å². The van der Waals surface area contributed by atoms with Crippen LogP contribution in [0.5, 0.6) is 0 Å². The van der Waals surface area contributed by atoms with Crippen LogP contribution in [0.3, 0.4) is 0 Å². The zero-order valence-corrected chi connectivity index (χ0v) is 24.9. The summed E-state index contributed by atoms with van der Waals surface area (Å²) < 4.78 is 1.60. The number of carbonyl (C=O) groups is 1. The number of nitrogens with zero attached hydrogens (tertiary/aromatic N) is 5. The molecule has 0 aliphatic carbocycles. The summed E-state index contributed by atoms with van der Waals surface area (Å²) in [6, 6.07) is 8.74. The number of halogens is 1. The van der Waals surface area contributed by atoms with E-state index < -0.39 is 11.4 Å². The summed E-state index contributed by atoms with van der Waals surface area (Å²) in [7, 11) is 1.74. The lowest BCUT2D eigenvalue weighted by molar-refractivity contribution is 0.0694. The zero-order valence-electron chi connectivity index (χ0n) is 24.2. The lowest BCUT2D eigenvalue weighted by atomic mass is 9.83. The highest BCUT2D eigenvalue weighted by atomic mass is 35.5. The fourth-order valence-corrected chi connectivity index (χ4v) is 5.47. The lowest BCUT2D eigenvalue weighted by Crippen LogP contribution is -2.47. The third-order valence-corrected chi connectivity index (χ3v) is 7.98. The second kappa shape index (κ2) is 12.6. The molecule has 0 saturated carbocycles. The van der Waals surface area contributed by atoms with Crippen LogP contribution < -0.4 is 10.5 Å². The number of piperazine rings is 1. The van der Waals surface area contributed by atoms with Crippen LogP contribution in [0.4, 0.5) is 5.69 Å². The van der Waals surface area contributed by atoms with Crippen molar-refractivity contribution in [3.63, 3.8) is 0 Å². The fraction of sp³-hybridized carbons (Fsp3) is 0.452. The summed E-state index contributed by atoms with van der Waals surface area (Å²) in [5.74, 6) is 2.38. The average molecular weight is 580 g/mol. The minimum absolute atomic E-state index is 0.147. The first-order valence-corrected chi connectivity index (χ1v) is 14.1. The van der Waals surface area contributed by atoms with Crippen molar-refractivity contribution in [2.45, 2.75) is 39.3 Å². The molecule has 10 heteroatoms. The van der Waals surface area contributed by atoms with Crippen LogP contribution in [0.1, 0.15) is 48.1 Å². The van der Waals surface area contributed by atoms with Gasteiger partial charge in [0.05, 0.1) is 36.2 Å². The first-order valence-electron chi connectivity index (χ1n) is 13.7. The van der Waals surface area contributed by atoms with E-state index in [4.69, 9.17) is 23.0 Å². The molecule has 2 N–H and O–H groups in total. The standard InChI is InChI=1S/C31H38ClN5O4/c1-6-9-37(22-7-8-23(30(40)41)25(17-22)31(2,3)4)19-21-16-24-27(18-26(21)32)33-28(34(5)29(24)39)20-36-12-10-35(11-13-36)14-15-38/h1,7-8,16-18,38H,9-15,19-20H2,2-5H3,(H,40,41). The Bertz CT molecular complexity index is 1530. The lowest BCUT2D eigenvalue weighted by Gasteiger charge is -2.34. The molecule has 0 atom stereocenters. The van der Waals surface area contributed by atoms with Crippen molar-refractivity contribution in [3.05, 3.63) is 68.2 Å². The Morgan fingerprint density at radius 2 is 1.83 bits per heavy atom. The van der Waals surface area contributed by atoms with Gasteiger partial charge in [-0.15, -0.1) is 6.42 Å². The topological polar surface area (TPSA) is 102 Å². The number of anilines is 1. The number of hydrogen-bond acceptors (Lipinski definition) is 7. The molecule has 2 aromatic carbocycles. The van der Waals surface area contributed by atoms with Crippen molar-refractivity contribution < 1.29 is 15.0 Å². The first-order chi connectivity index (χ1) is 19.4. The van der Waals surface area contributed by atoms with Crippen molar-refractivity contribution in [1.29, 1.82) is 0 Å². The minimum atomic E-state index is -0.978. The number of β-amino-alcohol motifs (C(OH)–C–C–N with tert-alkyl or cyclic N) is 1. The summed E-state index contributed by atoms with van der Waals surface area (Å²) in [6.07, 6.45) is 5.71. The number of aliphatic hydroxyl groups is 1. The molecular formula is C31H38ClN5O4. The van der Waals surface area contributed by atoms with Gasteiger partial charge in [0.25, 0.3) is 5.56 Å². The number of aromatic carboxylic acids is 1. The number of benzene rings is 2. The quantitative estimate of drug-likeness (QED) is 0.372. The molecule has 0 unspecified atom stereocenters. The monoisotopic (exact) mass is 579 g/mol. The zero-order chi connectivity index (χ0) is 29.9. The molecule has 218 valence electrons. The summed E-state index contributed by atoms with van der Waals surface area (Å²) in [5, 5.41) is 19.8. The molecule has 1 saturated heterocycles. The molecule has 1 aliphatic rings. The van der Waals surface area contributed by atoms with E-state index in [0.29, 0.717) is 46.9 Å². The Morgan fingerprint density at radius 3 is 2.44 bits per heavy atom. The molecule has 1 aliphatic heterocycles. The van der Waals surface area contributed by atoms with Crippen LogP contribution >= 0.6 is 11.6 Å². The summed E-state index contributed by atoms with van der Waals surface area (Å²) in [4.78, 5) is 36.5. The molecule has 41 heavy (non-hydrogen) atoms. The maximum Gasteiger partial charge on any atom is 0.335 e. The normalized spacial score (nSPS) is 14.8. The molecule has 0 spiro atoms. The van der Waals surface area contributed by atoms with Gasteiger partial charge in [-0.05, 0) is 46.9 Å². The molecule has 0 bridgehead atoms. The number of carboxylic acid groups (broad SMARTS) is 1. The van der Waals surface area contributed by atoms with Gasteiger partial charge < -0.3 is 15.1 Å². The Hall–Kier alpha value is -3.42. The van der Waals surface area contributed by atoms with Crippen molar-refractivity contribution in [2.24, 2.45) is 7.05 Å². The van der Waals surface area contributed by atoms with Gasteiger partial charge in [-0.1, -0.05) is 38.3 Å². The highest BCUT2D eigenvalue weighted by Crippen LogP contribution is 2.32. The van der Waals surface area contributed by atoms with Crippen LogP contribution in [0.15, 0.2) is 35.1 Å². The number of rotatable bonds is 9. The molecule has 4 rings (SSSR count). The largest absolute Gasteiger partial charge is 0.478 e. The number of terminal acetylenes is 1. The Morgan fingerprint density at radius 1 is 1.15 bits per heavy atom. The van der Waals surface area contributed by atoms with E-state index in [-0.39, 0.29) is 24.3 Å². The number of fused-ring (bicyclic) bond motifs is 1. The highest BCUT2D eigenvalue weighted by Gasteiger charge is 2.24. The first kappa shape index (κ1) is 30.5. The molecule has 0 amide bonds. The molecule has 0 radical (unpaired) electrons. The second-order valence-corrected chi connectivity index (χ2v) is 11.9. The average Bonchev–Trinajstić information content (AvgIpc) is 2.92. The van der Waals surface area contributed by atoms with Gasteiger partial charge in [-0.25, -0.2) is 9.78 Å². The summed E-state index contributed by atoms with van der Waals surface area (Å²) in [5.41, 5.74) is 2.45. The van der Waals surface area contributed by atoms with Crippen molar-refractivity contribution in [3.8, 4) is 12.3 Å². The van der Waals surface area contributed by atoms with Gasteiger partial charge in [0, 0.05) is 57.0 Å². The van der Waals surface area contributed by atoms with Gasteiger partial charge in [-0.2, -0.15) is 0 Å². The van der Waals surface area contributed by atoms with Crippen LogP contribution in [-0.2, 0) is 25.6 Å². The van der Waals surface area contributed by atoms with E-state index in [1.165, 1.54) is 0 Å². The van der Waals surface area contributed by atoms with E-state index in [1.807, 2.05) is 31.7 Å². The number of hydrogen-bond donors (Lipinski definition) is 2. The Labute approximate surface area is 246 Å². The van der Waals surface area contributed by atoms with E-state index in [1.54, 1.807) is 35.9 Å². The third-order valence-electron chi connectivity index (χ3n) is 7.63. The maximum absolute atomic E-state index is 13.5. The van der Waals surface area contributed by atoms with Crippen LogP contribution in [0, 0.1) is 12.3 Å². The Kier molecular flexibility index (Phi) is 9.40. The summed E-state index contributed by atoms with van der Waals surface area (Å²) >= 11 is 6.75.